The number of carbonyl (C=O) groups is 1. The number of aryl methyl sites for hydroxylation is 1. The number of benzene rings is 3. The number of hydrogen-bond donors (Lipinski definition) is 1. The van der Waals surface area contributed by atoms with Crippen molar-refractivity contribution in [2.24, 2.45) is 0 Å². The highest BCUT2D eigenvalue weighted by atomic mass is 32.2. The molecule has 0 radical (unpaired) electrons. The maximum absolute atomic E-state index is 12.7. The molecule has 4 rings (SSSR count). The number of anilines is 1. The van der Waals surface area contributed by atoms with Crippen molar-refractivity contribution in [3.05, 3.63) is 95.8 Å². The number of ether oxygens (including phenoxy) is 1. The lowest BCUT2D eigenvalue weighted by Gasteiger charge is -2.11. The van der Waals surface area contributed by atoms with Crippen LogP contribution in [0.1, 0.15) is 28.7 Å². The second kappa shape index (κ2) is 10.8. The maximum atomic E-state index is 12.7. The molecule has 0 spiro atoms. The first-order valence-corrected chi connectivity index (χ1v) is 11.8. The Labute approximate surface area is 198 Å². The van der Waals surface area contributed by atoms with E-state index in [2.05, 4.69) is 34.6 Å². The summed E-state index contributed by atoms with van der Waals surface area (Å²) < 4.78 is 7.45. The molecule has 1 aromatic heterocycles. The average molecular weight is 459 g/mol. The van der Waals surface area contributed by atoms with Crippen LogP contribution in [-0.4, -0.2) is 32.9 Å². The third-order valence-electron chi connectivity index (χ3n) is 5.04. The predicted octanol–water partition coefficient (Wildman–Crippen LogP) is 5.56. The number of carbonyl (C=O) groups excluding carboxylic acids is 1. The van der Waals surface area contributed by atoms with Crippen LogP contribution in [0.5, 0.6) is 5.75 Å². The van der Waals surface area contributed by atoms with Gasteiger partial charge in [-0.15, -0.1) is 10.2 Å². The molecule has 0 saturated heterocycles. The molecular weight excluding hydrogens is 432 g/mol. The van der Waals surface area contributed by atoms with Gasteiger partial charge in [-0.3, -0.25) is 9.36 Å². The Morgan fingerprint density at radius 1 is 0.970 bits per heavy atom. The number of para-hydroxylation sites is 1. The Hall–Kier alpha value is -3.58. The molecule has 7 heteroatoms. The van der Waals surface area contributed by atoms with E-state index in [1.807, 2.05) is 66.1 Å². The zero-order chi connectivity index (χ0) is 23.0. The van der Waals surface area contributed by atoms with Crippen LogP contribution in [0.3, 0.4) is 0 Å². The van der Waals surface area contributed by atoms with Gasteiger partial charge in [0.1, 0.15) is 5.75 Å². The van der Waals surface area contributed by atoms with Crippen molar-refractivity contribution in [2.45, 2.75) is 25.5 Å². The highest BCUT2D eigenvalue weighted by molar-refractivity contribution is 7.99. The van der Waals surface area contributed by atoms with E-state index in [1.165, 1.54) is 17.3 Å². The molecular formula is C26H26N4O2S. The number of hydrogen-bond acceptors (Lipinski definition) is 6. The van der Waals surface area contributed by atoms with Crippen molar-refractivity contribution >= 4 is 23.2 Å². The molecule has 33 heavy (non-hydrogen) atoms. The maximum Gasteiger partial charge on any atom is 0.196 e. The standard InChI is InChI=1S/C26H26N4O2S/c1-3-32-23-15-11-20(12-16-23)24(31)18-33-26-29-28-25(30(26)22-7-5-4-6-8-22)17-27-21-13-9-19(2)10-14-21/h4-16,27H,3,17-18H2,1-2H3. The van der Waals surface area contributed by atoms with Gasteiger partial charge in [0.2, 0.25) is 0 Å². The summed E-state index contributed by atoms with van der Waals surface area (Å²) in [6, 6.07) is 25.4. The minimum absolute atomic E-state index is 0.0324. The third kappa shape index (κ3) is 5.81. The zero-order valence-electron chi connectivity index (χ0n) is 18.7. The molecule has 0 amide bonds. The molecule has 4 aromatic rings. The van der Waals surface area contributed by atoms with E-state index in [4.69, 9.17) is 4.74 Å². The largest absolute Gasteiger partial charge is 0.494 e. The fourth-order valence-electron chi connectivity index (χ4n) is 3.31. The van der Waals surface area contributed by atoms with Gasteiger partial charge in [0.15, 0.2) is 16.8 Å². The van der Waals surface area contributed by atoms with E-state index in [1.54, 1.807) is 12.1 Å². The summed E-state index contributed by atoms with van der Waals surface area (Å²) in [5.74, 6) is 1.84. The zero-order valence-corrected chi connectivity index (χ0v) is 19.5. The Bertz CT molecular complexity index is 1190. The molecule has 0 aliphatic carbocycles. The van der Waals surface area contributed by atoms with Gasteiger partial charge in [-0.05, 0) is 62.4 Å². The van der Waals surface area contributed by atoms with Crippen molar-refractivity contribution in [3.63, 3.8) is 0 Å². The molecule has 0 unspecified atom stereocenters. The number of nitrogens with one attached hydrogen (secondary N) is 1. The molecule has 0 bridgehead atoms. The van der Waals surface area contributed by atoms with Gasteiger partial charge < -0.3 is 10.1 Å². The van der Waals surface area contributed by atoms with Gasteiger partial charge >= 0.3 is 0 Å². The smallest absolute Gasteiger partial charge is 0.196 e. The van der Waals surface area contributed by atoms with Gasteiger partial charge in [0, 0.05) is 16.9 Å². The number of aromatic nitrogens is 3. The summed E-state index contributed by atoms with van der Waals surface area (Å²) in [7, 11) is 0. The number of thioether (sulfide) groups is 1. The van der Waals surface area contributed by atoms with E-state index in [-0.39, 0.29) is 11.5 Å². The summed E-state index contributed by atoms with van der Waals surface area (Å²) in [4.78, 5) is 12.7. The van der Waals surface area contributed by atoms with Crippen LogP contribution < -0.4 is 10.1 Å². The van der Waals surface area contributed by atoms with E-state index >= 15 is 0 Å². The van der Waals surface area contributed by atoms with E-state index in [0.29, 0.717) is 23.9 Å². The van der Waals surface area contributed by atoms with Gasteiger partial charge in [-0.2, -0.15) is 0 Å². The van der Waals surface area contributed by atoms with Crippen LogP contribution in [0, 0.1) is 6.92 Å². The fourth-order valence-corrected chi connectivity index (χ4v) is 4.18. The number of nitrogens with zero attached hydrogens (tertiary/aromatic N) is 3. The second-order valence-electron chi connectivity index (χ2n) is 7.46. The van der Waals surface area contributed by atoms with Crippen LogP contribution in [0.15, 0.2) is 84.0 Å². The van der Waals surface area contributed by atoms with Crippen molar-refractivity contribution < 1.29 is 9.53 Å². The molecule has 168 valence electrons. The van der Waals surface area contributed by atoms with Gasteiger partial charge in [0.05, 0.1) is 18.9 Å². The Balaban J connectivity index is 1.50. The van der Waals surface area contributed by atoms with Crippen molar-refractivity contribution in [1.82, 2.24) is 14.8 Å². The van der Waals surface area contributed by atoms with Crippen molar-refractivity contribution in [3.8, 4) is 11.4 Å². The van der Waals surface area contributed by atoms with E-state index in [9.17, 15) is 4.79 Å². The highest BCUT2D eigenvalue weighted by Crippen LogP contribution is 2.24. The summed E-state index contributed by atoms with van der Waals surface area (Å²) in [6.45, 7) is 5.11. The minimum Gasteiger partial charge on any atom is -0.494 e. The van der Waals surface area contributed by atoms with Gasteiger partial charge in [0.25, 0.3) is 0 Å². The topological polar surface area (TPSA) is 69.0 Å². The quantitative estimate of drug-likeness (QED) is 0.248. The summed E-state index contributed by atoms with van der Waals surface area (Å²) in [5.41, 5.74) is 3.84. The van der Waals surface area contributed by atoms with E-state index < -0.39 is 0 Å². The fraction of sp³-hybridized carbons (Fsp3) is 0.192. The second-order valence-corrected chi connectivity index (χ2v) is 8.40. The Kier molecular flexibility index (Phi) is 7.42. The molecule has 0 saturated carbocycles. The van der Waals surface area contributed by atoms with Gasteiger partial charge in [-0.1, -0.05) is 47.7 Å². The summed E-state index contributed by atoms with van der Waals surface area (Å²) >= 11 is 1.38. The lowest BCUT2D eigenvalue weighted by Crippen LogP contribution is -2.09. The normalized spacial score (nSPS) is 10.7. The Morgan fingerprint density at radius 3 is 2.39 bits per heavy atom. The van der Waals surface area contributed by atoms with Crippen molar-refractivity contribution in [2.75, 3.05) is 17.7 Å². The molecule has 3 aromatic carbocycles. The van der Waals surface area contributed by atoms with Crippen LogP contribution in [-0.2, 0) is 6.54 Å². The molecule has 0 atom stereocenters. The minimum atomic E-state index is 0.0324. The Morgan fingerprint density at radius 2 is 1.70 bits per heavy atom. The third-order valence-corrected chi connectivity index (χ3v) is 5.97. The van der Waals surface area contributed by atoms with E-state index in [0.717, 1.165) is 22.9 Å². The molecule has 0 fully saturated rings. The molecule has 1 heterocycles. The monoisotopic (exact) mass is 458 g/mol. The number of Topliss-reactive ketones (excluding diaryl/α,β-unsaturated/α-hetero) is 1. The van der Waals surface area contributed by atoms with Crippen molar-refractivity contribution in [1.29, 1.82) is 0 Å². The molecule has 6 nitrogen and oxygen atoms in total. The first kappa shape index (κ1) is 22.6. The number of rotatable bonds is 10. The number of ketones is 1. The summed E-state index contributed by atoms with van der Waals surface area (Å²) in [5, 5.41) is 12.9. The first-order valence-electron chi connectivity index (χ1n) is 10.8. The molecule has 0 aliphatic heterocycles. The van der Waals surface area contributed by atoms with Crippen LogP contribution in [0.25, 0.3) is 5.69 Å². The predicted molar refractivity (Wildman–Crippen MR) is 133 cm³/mol. The molecule has 1 N–H and O–H groups in total. The first-order chi connectivity index (χ1) is 16.1. The highest BCUT2D eigenvalue weighted by Gasteiger charge is 2.16. The lowest BCUT2D eigenvalue weighted by molar-refractivity contribution is 0.102. The lowest BCUT2D eigenvalue weighted by atomic mass is 10.1. The van der Waals surface area contributed by atoms with Gasteiger partial charge in [-0.25, -0.2) is 0 Å². The molecule has 0 aliphatic rings. The van der Waals surface area contributed by atoms with Crippen LogP contribution in [0.2, 0.25) is 0 Å². The summed E-state index contributed by atoms with van der Waals surface area (Å²) in [6.07, 6.45) is 0. The SMILES string of the molecule is CCOc1ccc(C(=O)CSc2nnc(CNc3ccc(C)cc3)n2-c2ccccc2)cc1. The van der Waals surface area contributed by atoms with Crippen LogP contribution in [0.4, 0.5) is 5.69 Å². The van der Waals surface area contributed by atoms with Crippen LogP contribution >= 0.6 is 11.8 Å². The average Bonchev–Trinajstić information content (AvgIpc) is 3.26.